The van der Waals surface area contributed by atoms with Crippen LogP contribution in [0.1, 0.15) is 12.0 Å². The van der Waals surface area contributed by atoms with E-state index in [2.05, 4.69) is 0 Å². The van der Waals surface area contributed by atoms with Crippen molar-refractivity contribution in [1.82, 2.24) is 0 Å². The predicted octanol–water partition coefficient (Wildman–Crippen LogP) is 3.34. The molecule has 3 rings (SSSR count). The Hall–Kier alpha value is -1.71. The van der Waals surface area contributed by atoms with Crippen molar-refractivity contribution in [3.8, 4) is 0 Å². The largest absolute Gasteiger partial charge is 0.396 e. The standard InChI is InChI=1S/C16H14O2S/c17-10-4-6-11-5-3-9-14-15(11)16(18)12-7-1-2-8-13(12)19-14/h1-3,5,7-9,17H,4,6,10H2. The zero-order valence-electron chi connectivity index (χ0n) is 10.4. The highest BCUT2D eigenvalue weighted by Gasteiger charge is 2.09. The molecule has 0 aliphatic rings. The lowest BCUT2D eigenvalue weighted by Crippen LogP contribution is -2.04. The van der Waals surface area contributed by atoms with Crippen molar-refractivity contribution in [3.63, 3.8) is 0 Å². The summed E-state index contributed by atoms with van der Waals surface area (Å²) in [5.74, 6) is 0. The van der Waals surface area contributed by atoms with Crippen molar-refractivity contribution >= 4 is 31.5 Å². The fourth-order valence-electron chi connectivity index (χ4n) is 2.39. The van der Waals surface area contributed by atoms with E-state index in [4.69, 9.17) is 5.11 Å². The highest BCUT2D eigenvalue weighted by atomic mass is 32.1. The summed E-state index contributed by atoms with van der Waals surface area (Å²) in [6, 6.07) is 13.7. The summed E-state index contributed by atoms with van der Waals surface area (Å²) in [5, 5.41) is 10.6. The summed E-state index contributed by atoms with van der Waals surface area (Å²) in [5.41, 5.74) is 1.15. The Labute approximate surface area is 114 Å². The van der Waals surface area contributed by atoms with E-state index in [1.54, 1.807) is 11.3 Å². The van der Waals surface area contributed by atoms with Gasteiger partial charge in [-0.3, -0.25) is 4.79 Å². The van der Waals surface area contributed by atoms with Crippen LogP contribution in [0.2, 0.25) is 0 Å². The quantitative estimate of drug-likeness (QED) is 0.741. The van der Waals surface area contributed by atoms with Crippen molar-refractivity contribution in [2.24, 2.45) is 0 Å². The van der Waals surface area contributed by atoms with Crippen LogP contribution < -0.4 is 5.43 Å². The first-order valence-electron chi connectivity index (χ1n) is 6.35. The van der Waals surface area contributed by atoms with Gasteiger partial charge >= 0.3 is 0 Å². The monoisotopic (exact) mass is 270 g/mol. The third-order valence-electron chi connectivity index (χ3n) is 3.30. The average molecular weight is 270 g/mol. The van der Waals surface area contributed by atoms with Crippen LogP contribution in [-0.2, 0) is 6.42 Å². The molecule has 3 heteroatoms. The van der Waals surface area contributed by atoms with E-state index in [-0.39, 0.29) is 12.0 Å². The van der Waals surface area contributed by atoms with Crippen LogP contribution in [0.3, 0.4) is 0 Å². The van der Waals surface area contributed by atoms with Gasteiger partial charge in [-0.1, -0.05) is 24.3 Å². The molecule has 0 aliphatic carbocycles. The lowest BCUT2D eigenvalue weighted by atomic mass is 10.0. The summed E-state index contributed by atoms with van der Waals surface area (Å²) >= 11 is 1.65. The van der Waals surface area contributed by atoms with Crippen molar-refractivity contribution < 1.29 is 5.11 Å². The van der Waals surface area contributed by atoms with Gasteiger partial charge in [0.15, 0.2) is 5.43 Å². The fourth-order valence-corrected chi connectivity index (χ4v) is 3.52. The first-order valence-corrected chi connectivity index (χ1v) is 7.17. The lowest BCUT2D eigenvalue weighted by Gasteiger charge is -2.06. The minimum absolute atomic E-state index is 0.109. The number of aryl methyl sites for hydroxylation is 1. The molecule has 1 N–H and O–H groups in total. The second-order valence-electron chi connectivity index (χ2n) is 4.54. The third kappa shape index (κ3) is 2.15. The maximum atomic E-state index is 12.6. The van der Waals surface area contributed by atoms with E-state index in [1.807, 2.05) is 42.5 Å². The molecule has 1 aromatic heterocycles. The molecule has 0 radical (unpaired) electrons. The summed E-state index contributed by atoms with van der Waals surface area (Å²) in [4.78, 5) is 12.6. The maximum absolute atomic E-state index is 12.6. The SMILES string of the molecule is O=c1c2ccccc2sc2cccc(CCCO)c12. The molecule has 19 heavy (non-hydrogen) atoms. The van der Waals surface area contributed by atoms with Crippen LogP contribution in [0.5, 0.6) is 0 Å². The summed E-state index contributed by atoms with van der Waals surface area (Å²) < 4.78 is 2.05. The Morgan fingerprint density at radius 3 is 2.63 bits per heavy atom. The Morgan fingerprint density at radius 2 is 1.79 bits per heavy atom. The second-order valence-corrected chi connectivity index (χ2v) is 5.63. The van der Waals surface area contributed by atoms with E-state index in [0.717, 1.165) is 32.2 Å². The first-order chi connectivity index (χ1) is 9.31. The lowest BCUT2D eigenvalue weighted by molar-refractivity contribution is 0.289. The molecule has 2 aromatic carbocycles. The molecule has 3 aromatic rings. The maximum Gasteiger partial charge on any atom is 0.196 e. The highest BCUT2D eigenvalue weighted by molar-refractivity contribution is 7.24. The number of aliphatic hydroxyl groups is 1. The molecular formula is C16H14O2S. The molecule has 0 spiro atoms. The molecule has 0 aliphatic heterocycles. The van der Waals surface area contributed by atoms with Gasteiger partial charge in [-0.2, -0.15) is 0 Å². The molecule has 0 fully saturated rings. The first kappa shape index (κ1) is 12.3. The number of fused-ring (bicyclic) bond motifs is 2. The van der Waals surface area contributed by atoms with Gasteiger partial charge in [0, 0.05) is 26.8 Å². The number of rotatable bonds is 3. The highest BCUT2D eigenvalue weighted by Crippen LogP contribution is 2.26. The zero-order chi connectivity index (χ0) is 13.2. The minimum atomic E-state index is 0.109. The topological polar surface area (TPSA) is 37.3 Å². The van der Waals surface area contributed by atoms with Crippen molar-refractivity contribution in [2.45, 2.75) is 12.8 Å². The van der Waals surface area contributed by atoms with Crippen LogP contribution in [-0.4, -0.2) is 11.7 Å². The summed E-state index contributed by atoms with van der Waals surface area (Å²) in [6.07, 6.45) is 1.43. The molecule has 0 unspecified atom stereocenters. The van der Waals surface area contributed by atoms with Crippen LogP contribution in [0.25, 0.3) is 20.2 Å². The molecule has 96 valence electrons. The van der Waals surface area contributed by atoms with Gasteiger partial charge in [-0.15, -0.1) is 11.3 Å². The summed E-state index contributed by atoms with van der Waals surface area (Å²) in [7, 11) is 0. The Balaban J connectivity index is 2.36. The van der Waals surface area contributed by atoms with Crippen molar-refractivity contribution in [3.05, 3.63) is 58.3 Å². The molecule has 0 saturated heterocycles. The Morgan fingerprint density at radius 1 is 1.00 bits per heavy atom. The Kier molecular flexibility index (Phi) is 3.32. The number of hydrogen-bond donors (Lipinski definition) is 1. The number of aliphatic hydroxyl groups excluding tert-OH is 1. The van der Waals surface area contributed by atoms with Crippen molar-refractivity contribution in [1.29, 1.82) is 0 Å². The van der Waals surface area contributed by atoms with Gasteiger partial charge in [0.2, 0.25) is 0 Å². The van der Waals surface area contributed by atoms with Crippen LogP contribution >= 0.6 is 11.3 Å². The molecule has 0 amide bonds. The normalized spacial score (nSPS) is 11.2. The van der Waals surface area contributed by atoms with Gasteiger partial charge in [0.05, 0.1) is 0 Å². The molecule has 0 atom stereocenters. The fraction of sp³-hybridized carbons (Fsp3) is 0.188. The van der Waals surface area contributed by atoms with Gasteiger partial charge in [0.1, 0.15) is 0 Å². The molecule has 2 nitrogen and oxygen atoms in total. The second kappa shape index (κ2) is 5.11. The molecule has 0 bridgehead atoms. The van der Waals surface area contributed by atoms with E-state index < -0.39 is 0 Å². The van der Waals surface area contributed by atoms with Gasteiger partial charge < -0.3 is 5.11 Å². The van der Waals surface area contributed by atoms with Gasteiger partial charge in [-0.25, -0.2) is 0 Å². The van der Waals surface area contributed by atoms with E-state index in [0.29, 0.717) is 6.42 Å². The van der Waals surface area contributed by atoms with Crippen LogP contribution in [0.15, 0.2) is 47.3 Å². The third-order valence-corrected chi connectivity index (χ3v) is 4.43. The minimum Gasteiger partial charge on any atom is -0.396 e. The van der Waals surface area contributed by atoms with E-state index in [1.165, 1.54) is 0 Å². The summed E-state index contributed by atoms with van der Waals surface area (Å²) in [6.45, 7) is 0.154. The molecular weight excluding hydrogens is 256 g/mol. The average Bonchev–Trinajstić information content (AvgIpc) is 2.45. The van der Waals surface area contributed by atoms with E-state index in [9.17, 15) is 4.79 Å². The number of hydrogen-bond acceptors (Lipinski definition) is 3. The van der Waals surface area contributed by atoms with Crippen LogP contribution in [0.4, 0.5) is 0 Å². The van der Waals surface area contributed by atoms with E-state index >= 15 is 0 Å². The zero-order valence-corrected chi connectivity index (χ0v) is 11.2. The predicted molar refractivity (Wildman–Crippen MR) is 81.0 cm³/mol. The van der Waals surface area contributed by atoms with Crippen LogP contribution in [0, 0.1) is 0 Å². The molecule has 0 saturated carbocycles. The van der Waals surface area contributed by atoms with Crippen molar-refractivity contribution in [2.75, 3.05) is 6.61 Å². The van der Waals surface area contributed by atoms with Gasteiger partial charge in [0.25, 0.3) is 0 Å². The Bertz CT molecular complexity index is 789. The smallest absolute Gasteiger partial charge is 0.196 e. The molecule has 1 heterocycles. The number of benzene rings is 2. The van der Waals surface area contributed by atoms with Gasteiger partial charge in [-0.05, 0) is 36.6 Å².